The standard InChI is InChI=1S/C15H20Cl2N2O2/c1-2-21-15(20)14(19-8-3-6-18-7-9-19)12-5-4-11(16)10-13(12)17/h4-5,10,14,18H,2-3,6-9H2,1H3. The van der Waals surface area contributed by atoms with Gasteiger partial charge in [-0.2, -0.15) is 0 Å². The van der Waals surface area contributed by atoms with Crippen molar-refractivity contribution >= 4 is 29.2 Å². The summed E-state index contributed by atoms with van der Waals surface area (Å²) in [4.78, 5) is 14.5. The summed E-state index contributed by atoms with van der Waals surface area (Å²) in [7, 11) is 0. The maximum atomic E-state index is 12.4. The summed E-state index contributed by atoms with van der Waals surface area (Å²) >= 11 is 12.2. The molecule has 1 aromatic carbocycles. The van der Waals surface area contributed by atoms with Gasteiger partial charge in [0, 0.05) is 29.7 Å². The fourth-order valence-corrected chi connectivity index (χ4v) is 3.05. The van der Waals surface area contributed by atoms with Crippen molar-refractivity contribution in [1.29, 1.82) is 0 Å². The van der Waals surface area contributed by atoms with Crippen molar-refractivity contribution in [3.05, 3.63) is 33.8 Å². The fourth-order valence-electron chi connectivity index (χ4n) is 2.54. The van der Waals surface area contributed by atoms with E-state index in [1.165, 1.54) is 0 Å². The van der Waals surface area contributed by atoms with Crippen LogP contribution in [0.2, 0.25) is 10.0 Å². The molecule has 0 spiro atoms. The number of halogens is 2. The van der Waals surface area contributed by atoms with Crippen LogP contribution in [-0.2, 0) is 9.53 Å². The van der Waals surface area contributed by atoms with Gasteiger partial charge >= 0.3 is 5.97 Å². The molecule has 1 heterocycles. The lowest BCUT2D eigenvalue weighted by Crippen LogP contribution is -2.37. The Kier molecular flexibility index (Phi) is 6.30. The molecule has 1 N–H and O–H groups in total. The lowest BCUT2D eigenvalue weighted by molar-refractivity contribution is -0.149. The van der Waals surface area contributed by atoms with E-state index in [2.05, 4.69) is 10.2 Å². The summed E-state index contributed by atoms with van der Waals surface area (Å²) < 4.78 is 5.25. The Balaban J connectivity index is 2.32. The van der Waals surface area contributed by atoms with Crippen LogP contribution in [0.25, 0.3) is 0 Å². The van der Waals surface area contributed by atoms with Gasteiger partial charge in [-0.05, 0) is 37.6 Å². The van der Waals surface area contributed by atoms with E-state index in [0.717, 1.165) is 38.2 Å². The van der Waals surface area contributed by atoms with Crippen molar-refractivity contribution in [3.63, 3.8) is 0 Å². The van der Waals surface area contributed by atoms with Crippen molar-refractivity contribution in [1.82, 2.24) is 10.2 Å². The van der Waals surface area contributed by atoms with Crippen molar-refractivity contribution in [2.24, 2.45) is 0 Å². The second-order valence-electron chi connectivity index (χ2n) is 4.96. The van der Waals surface area contributed by atoms with Gasteiger partial charge in [0.05, 0.1) is 6.61 Å². The van der Waals surface area contributed by atoms with Gasteiger partial charge < -0.3 is 10.1 Å². The number of ether oxygens (including phenoxy) is 1. The number of rotatable bonds is 4. The predicted octanol–water partition coefficient (Wildman–Crippen LogP) is 2.89. The van der Waals surface area contributed by atoms with E-state index in [4.69, 9.17) is 27.9 Å². The first kappa shape index (κ1) is 16.6. The molecule has 0 radical (unpaired) electrons. The molecule has 6 heteroatoms. The fraction of sp³-hybridized carbons (Fsp3) is 0.533. The SMILES string of the molecule is CCOC(=O)C(c1ccc(Cl)cc1Cl)N1CCCNCC1. The van der Waals surface area contributed by atoms with Gasteiger partial charge in [0.1, 0.15) is 6.04 Å². The van der Waals surface area contributed by atoms with Gasteiger partial charge in [-0.25, -0.2) is 4.79 Å². The topological polar surface area (TPSA) is 41.6 Å². The minimum atomic E-state index is -0.477. The monoisotopic (exact) mass is 330 g/mol. The molecule has 1 atom stereocenters. The van der Waals surface area contributed by atoms with E-state index in [9.17, 15) is 4.79 Å². The van der Waals surface area contributed by atoms with Crippen LogP contribution < -0.4 is 5.32 Å². The number of hydrogen-bond acceptors (Lipinski definition) is 4. The summed E-state index contributed by atoms with van der Waals surface area (Å²) in [5.41, 5.74) is 0.751. The van der Waals surface area contributed by atoms with Crippen molar-refractivity contribution in [3.8, 4) is 0 Å². The largest absolute Gasteiger partial charge is 0.465 e. The molecule has 1 unspecified atom stereocenters. The number of hydrogen-bond donors (Lipinski definition) is 1. The number of carbonyl (C=O) groups is 1. The zero-order valence-electron chi connectivity index (χ0n) is 12.1. The number of esters is 1. The molecule has 21 heavy (non-hydrogen) atoms. The minimum Gasteiger partial charge on any atom is -0.465 e. The lowest BCUT2D eigenvalue weighted by atomic mass is 10.0. The highest BCUT2D eigenvalue weighted by Crippen LogP contribution is 2.31. The van der Waals surface area contributed by atoms with Gasteiger partial charge in [-0.15, -0.1) is 0 Å². The Bertz CT molecular complexity index is 489. The Hall–Kier alpha value is -0.810. The van der Waals surface area contributed by atoms with Gasteiger partial charge in [-0.3, -0.25) is 4.90 Å². The van der Waals surface area contributed by atoms with E-state index >= 15 is 0 Å². The van der Waals surface area contributed by atoms with Crippen molar-refractivity contribution in [2.75, 3.05) is 32.8 Å². The van der Waals surface area contributed by atoms with E-state index in [1.807, 2.05) is 13.0 Å². The molecule has 0 saturated carbocycles. The zero-order valence-corrected chi connectivity index (χ0v) is 13.6. The maximum absolute atomic E-state index is 12.4. The predicted molar refractivity (Wildman–Crippen MR) is 84.9 cm³/mol. The number of nitrogens with one attached hydrogen (secondary N) is 1. The highest BCUT2D eigenvalue weighted by atomic mass is 35.5. The minimum absolute atomic E-state index is 0.261. The summed E-state index contributed by atoms with van der Waals surface area (Å²) in [5, 5.41) is 4.39. The molecule has 1 aliphatic rings. The molecule has 0 amide bonds. The lowest BCUT2D eigenvalue weighted by Gasteiger charge is -2.29. The van der Waals surface area contributed by atoms with Crippen LogP contribution in [0.3, 0.4) is 0 Å². The molecule has 1 saturated heterocycles. The van der Waals surface area contributed by atoms with E-state index in [0.29, 0.717) is 16.7 Å². The first-order valence-corrected chi connectivity index (χ1v) is 7.95. The van der Waals surface area contributed by atoms with Crippen LogP contribution >= 0.6 is 23.2 Å². The normalized spacial score (nSPS) is 18.0. The van der Waals surface area contributed by atoms with Crippen LogP contribution in [0.15, 0.2) is 18.2 Å². The summed E-state index contributed by atoms with van der Waals surface area (Å²) in [6.07, 6.45) is 0.987. The molecule has 116 valence electrons. The molecule has 2 rings (SSSR count). The third kappa shape index (κ3) is 4.33. The molecule has 1 aliphatic heterocycles. The molecule has 1 aromatic rings. The van der Waals surface area contributed by atoms with Gasteiger partial charge in [-0.1, -0.05) is 29.3 Å². The first-order chi connectivity index (χ1) is 10.1. The van der Waals surface area contributed by atoms with Crippen molar-refractivity contribution < 1.29 is 9.53 Å². The average molecular weight is 331 g/mol. The Labute approximate surface area is 135 Å². The number of benzene rings is 1. The van der Waals surface area contributed by atoms with Crippen LogP contribution in [-0.4, -0.2) is 43.7 Å². The summed E-state index contributed by atoms with van der Waals surface area (Å²) in [6.45, 7) is 5.58. The Morgan fingerprint density at radius 1 is 1.38 bits per heavy atom. The maximum Gasteiger partial charge on any atom is 0.328 e. The van der Waals surface area contributed by atoms with E-state index in [-0.39, 0.29) is 5.97 Å². The molecular formula is C15H20Cl2N2O2. The van der Waals surface area contributed by atoms with Gasteiger partial charge in [0.25, 0.3) is 0 Å². The molecule has 4 nitrogen and oxygen atoms in total. The molecule has 0 aromatic heterocycles. The molecule has 0 bridgehead atoms. The van der Waals surface area contributed by atoms with Crippen LogP contribution in [0.5, 0.6) is 0 Å². The van der Waals surface area contributed by atoms with Gasteiger partial charge in [0.2, 0.25) is 0 Å². The number of nitrogens with zero attached hydrogens (tertiary/aromatic N) is 1. The molecular weight excluding hydrogens is 311 g/mol. The number of carbonyl (C=O) groups excluding carboxylic acids is 1. The van der Waals surface area contributed by atoms with E-state index < -0.39 is 6.04 Å². The summed E-state index contributed by atoms with van der Waals surface area (Å²) in [5.74, 6) is -0.261. The van der Waals surface area contributed by atoms with Crippen molar-refractivity contribution in [2.45, 2.75) is 19.4 Å². The van der Waals surface area contributed by atoms with Crippen LogP contribution in [0.1, 0.15) is 24.9 Å². The third-order valence-electron chi connectivity index (χ3n) is 3.51. The second kappa shape index (κ2) is 7.99. The van der Waals surface area contributed by atoms with Crippen LogP contribution in [0.4, 0.5) is 0 Å². The average Bonchev–Trinajstić information content (AvgIpc) is 2.71. The third-order valence-corrected chi connectivity index (χ3v) is 4.07. The quantitative estimate of drug-likeness (QED) is 0.862. The first-order valence-electron chi connectivity index (χ1n) is 7.20. The highest BCUT2D eigenvalue weighted by Gasteiger charge is 2.31. The smallest absolute Gasteiger partial charge is 0.328 e. The van der Waals surface area contributed by atoms with Gasteiger partial charge in [0.15, 0.2) is 0 Å². The molecule has 1 fully saturated rings. The Morgan fingerprint density at radius 2 is 2.19 bits per heavy atom. The second-order valence-corrected chi connectivity index (χ2v) is 5.80. The Morgan fingerprint density at radius 3 is 2.90 bits per heavy atom. The van der Waals surface area contributed by atoms with Crippen LogP contribution in [0, 0.1) is 0 Å². The zero-order chi connectivity index (χ0) is 15.2. The van der Waals surface area contributed by atoms with E-state index in [1.54, 1.807) is 12.1 Å². The molecule has 0 aliphatic carbocycles. The summed E-state index contributed by atoms with van der Waals surface area (Å²) in [6, 6.07) is 4.76. The highest BCUT2D eigenvalue weighted by molar-refractivity contribution is 6.35.